The van der Waals surface area contributed by atoms with E-state index >= 15 is 0 Å². The van der Waals surface area contributed by atoms with E-state index in [9.17, 15) is 19.2 Å². The molecule has 0 unspecified atom stereocenters. The van der Waals surface area contributed by atoms with Gasteiger partial charge in [0, 0.05) is 46.1 Å². The van der Waals surface area contributed by atoms with Crippen molar-refractivity contribution in [3.05, 3.63) is 101 Å². The molecule has 0 radical (unpaired) electrons. The van der Waals surface area contributed by atoms with Gasteiger partial charge >= 0.3 is 0 Å². The molecule has 264 valence electrons. The molecule has 0 N–H and O–H groups in total. The van der Waals surface area contributed by atoms with Crippen LogP contribution in [-0.4, -0.2) is 53.6 Å². The van der Waals surface area contributed by atoms with Crippen molar-refractivity contribution in [2.45, 2.75) is 77.6 Å². The molecular formula is C45H44N2O5. The van der Waals surface area contributed by atoms with Crippen LogP contribution in [0.1, 0.15) is 118 Å². The van der Waals surface area contributed by atoms with Crippen molar-refractivity contribution in [3.8, 4) is 5.75 Å². The van der Waals surface area contributed by atoms with Crippen molar-refractivity contribution in [1.82, 2.24) is 9.80 Å². The van der Waals surface area contributed by atoms with Gasteiger partial charge in [-0.05, 0) is 87.1 Å². The lowest BCUT2D eigenvalue weighted by molar-refractivity contribution is 0.0594. The highest BCUT2D eigenvalue weighted by Gasteiger charge is 2.36. The zero-order chi connectivity index (χ0) is 35.9. The molecule has 0 fully saturated rings. The Hall–Kier alpha value is -5.30. The van der Waals surface area contributed by atoms with E-state index in [2.05, 4.69) is 6.92 Å². The summed E-state index contributed by atoms with van der Waals surface area (Å²) >= 11 is 0. The molecule has 0 aromatic heterocycles. The van der Waals surface area contributed by atoms with Crippen molar-refractivity contribution < 1.29 is 23.9 Å². The normalized spacial score (nSPS) is 14.3. The molecule has 0 aliphatic carbocycles. The number of fused-ring (bicyclic) bond motifs is 2. The summed E-state index contributed by atoms with van der Waals surface area (Å²) in [5.41, 5.74) is 3.08. The smallest absolute Gasteiger partial charge is 0.261 e. The Morgan fingerprint density at radius 3 is 1.35 bits per heavy atom. The number of hydrogen-bond acceptors (Lipinski definition) is 5. The van der Waals surface area contributed by atoms with Gasteiger partial charge in [0.05, 0.1) is 7.11 Å². The van der Waals surface area contributed by atoms with Gasteiger partial charge < -0.3 is 4.74 Å². The number of carbonyl (C=O) groups is 4. The maximum atomic E-state index is 13.9. The molecule has 2 aliphatic rings. The van der Waals surface area contributed by atoms with Gasteiger partial charge in [0.15, 0.2) is 0 Å². The van der Waals surface area contributed by atoms with Gasteiger partial charge in [-0.15, -0.1) is 0 Å². The number of hydrogen-bond donors (Lipinski definition) is 0. The summed E-state index contributed by atoms with van der Waals surface area (Å²) in [6.07, 6.45) is 12.4. The van der Waals surface area contributed by atoms with Crippen LogP contribution in [0.4, 0.5) is 0 Å². The highest BCUT2D eigenvalue weighted by molar-refractivity contribution is 6.41. The first-order valence-corrected chi connectivity index (χ1v) is 19.0. The van der Waals surface area contributed by atoms with Gasteiger partial charge in [-0.1, -0.05) is 101 Å². The third kappa shape index (κ3) is 5.58. The Bertz CT molecular complexity index is 2270. The topological polar surface area (TPSA) is 84.0 Å². The van der Waals surface area contributed by atoms with Gasteiger partial charge in [0.1, 0.15) is 5.75 Å². The van der Waals surface area contributed by atoms with E-state index in [0.29, 0.717) is 46.0 Å². The van der Waals surface area contributed by atoms with Gasteiger partial charge in [-0.25, -0.2) is 0 Å². The second-order valence-electron chi connectivity index (χ2n) is 14.5. The van der Waals surface area contributed by atoms with Crippen LogP contribution in [0.5, 0.6) is 5.75 Å². The van der Waals surface area contributed by atoms with E-state index in [4.69, 9.17) is 4.74 Å². The maximum absolute atomic E-state index is 13.9. The first-order chi connectivity index (χ1) is 25.4. The fourth-order valence-electron chi connectivity index (χ4n) is 8.60. The fraction of sp³-hybridized carbons (Fsp3) is 0.333. The second-order valence-corrected chi connectivity index (χ2v) is 14.5. The summed E-state index contributed by atoms with van der Waals surface area (Å²) < 4.78 is 5.35. The summed E-state index contributed by atoms with van der Waals surface area (Å²) in [6, 6.07) is 22.8. The summed E-state index contributed by atoms with van der Waals surface area (Å²) in [7, 11) is 1.62. The van der Waals surface area contributed by atoms with Gasteiger partial charge in [-0.3, -0.25) is 29.0 Å². The molecule has 6 aromatic rings. The van der Waals surface area contributed by atoms with E-state index in [1.807, 2.05) is 72.8 Å². The molecular weight excluding hydrogens is 649 g/mol. The summed E-state index contributed by atoms with van der Waals surface area (Å²) in [5.74, 6) is -0.358. The molecule has 0 bridgehead atoms. The minimum Gasteiger partial charge on any atom is -0.497 e. The monoisotopic (exact) mass is 692 g/mol. The third-order valence-electron chi connectivity index (χ3n) is 11.3. The van der Waals surface area contributed by atoms with Crippen molar-refractivity contribution >= 4 is 66.7 Å². The molecule has 7 nitrogen and oxygen atoms in total. The molecule has 0 spiro atoms. The predicted molar refractivity (Wildman–Crippen MR) is 207 cm³/mol. The van der Waals surface area contributed by atoms with Crippen LogP contribution >= 0.6 is 0 Å². The Labute approximate surface area is 303 Å². The zero-order valence-corrected chi connectivity index (χ0v) is 30.1. The lowest BCUT2D eigenvalue weighted by atomic mass is 9.82. The standard InChI is InChI=1S/C45H44N2O5/c1-3-4-5-6-7-8-9-10-11-12-25-46-42(48)34-20-16-30-32-18-22-36-41-37(45(51)47(44(36)50)26-24-28-14-13-15-29(27-28)52-2)23-19-33(39(32)41)31-17-21-35(43(46)49)40(34)38(30)31/h13-23,27H,3-12,24-26H2,1-2H3. The number of methoxy groups -OCH3 is 1. The first-order valence-electron chi connectivity index (χ1n) is 19.0. The van der Waals surface area contributed by atoms with Crippen molar-refractivity contribution in [2.24, 2.45) is 0 Å². The number of amides is 4. The van der Waals surface area contributed by atoms with Crippen LogP contribution in [-0.2, 0) is 6.42 Å². The molecule has 0 atom stereocenters. The molecule has 8 rings (SSSR count). The van der Waals surface area contributed by atoms with Crippen molar-refractivity contribution in [1.29, 1.82) is 0 Å². The predicted octanol–water partition coefficient (Wildman–Crippen LogP) is 10.1. The Balaban J connectivity index is 1.08. The number of nitrogens with zero attached hydrogens (tertiary/aromatic N) is 2. The van der Waals surface area contributed by atoms with Crippen molar-refractivity contribution in [2.75, 3.05) is 20.2 Å². The number of benzene rings is 6. The molecule has 2 heterocycles. The lowest BCUT2D eigenvalue weighted by Gasteiger charge is -2.30. The van der Waals surface area contributed by atoms with E-state index in [-0.39, 0.29) is 30.2 Å². The zero-order valence-electron chi connectivity index (χ0n) is 30.1. The first kappa shape index (κ1) is 33.8. The minimum atomic E-state index is -0.307. The molecule has 4 amide bonds. The highest BCUT2D eigenvalue weighted by Crippen LogP contribution is 2.46. The van der Waals surface area contributed by atoms with Crippen molar-refractivity contribution in [3.63, 3.8) is 0 Å². The average Bonchev–Trinajstić information content (AvgIpc) is 3.17. The molecule has 7 heteroatoms. The number of unbranched alkanes of at least 4 members (excludes halogenated alkanes) is 9. The highest BCUT2D eigenvalue weighted by atomic mass is 16.5. The van der Waals surface area contributed by atoms with Gasteiger partial charge in [0.2, 0.25) is 0 Å². The average molecular weight is 693 g/mol. The van der Waals surface area contributed by atoms with E-state index < -0.39 is 0 Å². The number of ether oxygens (including phenoxy) is 1. The summed E-state index contributed by atoms with van der Waals surface area (Å²) in [6.45, 7) is 2.91. The van der Waals surface area contributed by atoms with Crippen LogP contribution in [0.3, 0.4) is 0 Å². The largest absolute Gasteiger partial charge is 0.497 e. The van der Waals surface area contributed by atoms with Crippen LogP contribution in [0.2, 0.25) is 0 Å². The summed E-state index contributed by atoms with van der Waals surface area (Å²) in [4.78, 5) is 58.5. The second kappa shape index (κ2) is 14.0. The van der Waals surface area contributed by atoms with Crippen LogP contribution in [0.25, 0.3) is 43.1 Å². The van der Waals surface area contributed by atoms with Crippen LogP contribution < -0.4 is 4.74 Å². The number of carbonyl (C=O) groups excluding carboxylic acids is 4. The Morgan fingerprint density at radius 2 is 0.904 bits per heavy atom. The molecule has 6 aromatic carbocycles. The Morgan fingerprint density at radius 1 is 0.481 bits per heavy atom. The van der Waals surface area contributed by atoms with Crippen LogP contribution in [0, 0.1) is 0 Å². The van der Waals surface area contributed by atoms with E-state index in [1.54, 1.807) is 7.11 Å². The quantitative estimate of drug-likeness (QED) is 0.0463. The van der Waals surface area contributed by atoms with Gasteiger partial charge in [0.25, 0.3) is 23.6 Å². The van der Waals surface area contributed by atoms with E-state index in [0.717, 1.165) is 62.9 Å². The maximum Gasteiger partial charge on any atom is 0.261 e. The number of imide groups is 2. The SMILES string of the molecule is CCCCCCCCCCCCN1C(=O)c2ccc3c4ccc5c6c(ccc(c7ccc(c2c37)C1=O)c64)C(=O)N(CCc1cccc(OC)c1)C5=O. The van der Waals surface area contributed by atoms with Gasteiger partial charge in [-0.2, -0.15) is 0 Å². The molecule has 0 saturated heterocycles. The van der Waals surface area contributed by atoms with E-state index in [1.165, 1.54) is 54.7 Å². The Kier molecular flexibility index (Phi) is 9.12. The number of rotatable bonds is 15. The van der Waals surface area contributed by atoms with Crippen LogP contribution in [0.15, 0.2) is 72.8 Å². The minimum absolute atomic E-state index is 0.238. The molecule has 0 saturated carbocycles. The summed E-state index contributed by atoms with van der Waals surface area (Å²) in [5, 5.41) is 6.67. The fourth-order valence-corrected chi connectivity index (χ4v) is 8.60. The third-order valence-corrected chi connectivity index (χ3v) is 11.3. The molecule has 2 aliphatic heterocycles. The lowest BCUT2D eigenvalue weighted by Crippen LogP contribution is -2.41. The molecule has 52 heavy (non-hydrogen) atoms.